The molecule has 0 aliphatic heterocycles. The van der Waals surface area contributed by atoms with Crippen LogP contribution < -0.4 is 4.74 Å². The number of benzene rings is 1. The first kappa shape index (κ1) is 12.4. The molecular formula is C13H15BrO3. The van der Waals surface area contributed by atoms with Crippen LogP contribution in [-0.2, 0) is 10.2 Å². The number of aliphatic carboxylic acids is 1. The van der Waals surface area contributed by atoms with Crippen LogP contribution in [0.2, 0.25) is 0 Å². The standard InChI is InChI=1S/C13H15BrO3/c1-8-3-4-9(17-2)11(12(8)14)13(5-6-13)7-10(15)16/h3-4H,5-7H2,1-2H3,(H,15,16). The van der Waals surface area contributed by atoms with Crippen LogP contribution in [0, 0.1) is 6.92 Å². The zero-order chi connectivity index (χ0) is 12.6. The largest absolute Gasteiger partial charge is 0.496 e. The van der Waals surface area contributed by atoms with Crippen LogP contribution in [0.25, 0.3) is 0 Å². The van der Waals surface area contributed by atoms with E-state index in [9.17, 15) is 4.79 Å². The second kappa shape index (κ2) is 4.33. The number of carboxylic acid groups (broad SMARTS) is 1. The quantitative estimate of drug-likeness (QED) is 0.928. The van der Waals surface area contributed by atoms with Crippen molar-refractivity contribution in [2.24, 2.45) is 0 Å². The van der Waals surface area contributed by atoms with E-state index in [-0.39, 0.29) is 11.8 Å². The predicted molar refractivity (Wildman–Crippen MR) is 68.6 cm³/mol. The molecule has 0 radical (unpaired) electrons. The van der Waals surface area contributed by atoms with Crippen LogP contribution in [0.4, 0.5) is 0 Å². The Morgan fingerprint density at radius 2 is 2.18 bits per heavy atom. The summed E-state index contributed by atoms with van der Waals surface area (Å²) in [7, 11) is 1.62. The van der Waals surface area contributed by atoms with E-state index in [0.717, 1.165) is 34.2 Å². The van der Waals surface area contributed by atoms with Gasteiger partial charge in [0.25, 0.3) is 0 Å². The maximum Gasteiger partial charge on any atom is 0.304 e. The summed E-state index contributed by atoms with van der Waals surface area (Å²) in [6, 6.07) is 3.89. The van der Waals surface area contributed by atoms with E-state index in [1.165, 1.54) is 0 Å². The summed E-state index contributed by atoms with van der Waals surface area (Å²) in [5.74, 6) is 0.0270. The minimum absolute atomic E-state index is 0.172. The van der Waals surface area contributed by atoms with Crippen LogP contribution in [0.3, 0.4) is 0 Å². The SMILES string of the molecule is COc1ccc(C)c(Br)c1C1(CC(=O)O)CC1. The molecule has 1 saturated carbocycles. The Morgan fingerprint density at radius 3 is 2.65 bits per heavy atom. The van der Waals surface area contributed by atoms with Gasteiger partial charge in [-0.05, 0) is 31.4 Å². The molecule has 0 aromatic heterocycles. The average molecular weight is 299 g/mol. The highest BCUT2D eigenvalue weighted by Crippen LogP contribution is 2.56. The van der Waals surface area contributed by atoms with Gasteiger partial charge in [0, 0.05) is 15.5 Å². The molecule has 1 aliphatic carbocycles. The molecule has 1 aromatic carbocycles. The third-order valence-corrected chi connectivity index (χ3v) is 4.41. The van der Waals surface area contributed by atoms with Gasteiger partial charge in [-0.3, -0.25) is 4.79 Å². The number of carboxylic acids is 1. The third-order valence-electron chi connectivity index (χ3n) is 3.39. The number of rotatable bonds is 4. The smallest absolute Gasteiger partial charge is 0.304 e. The predicted octanol–water partition coefficient (Wildman–Crippen LogP) is 3.27. The van der Waals surface area contributed by atoms with Gasteiger partial charge in [0.1, 0.15) is 5.75 Å². The normalized spacial score (nSPS) is 16.6. The summed E-state index contributed by atoms with van der Waals surface area (Å²) < 4.78 is 6.35. The fraction of sp³-hybridized carbons (Fsp3) is 0.462. The summed E-state index contributed by atoms with van der Waals surface area (Å²) in [4.78, 5) is 11.0. The Labute approximate surface area is 109 Å². The minimum atomic E-state index is -0.752. The number of ether oxygens (including phenoxy) is 1. The molecule has 0 heterocycles. The molecule has 1 aliphatic rings. The molecule has 2 rings (SSSR count). The fourth-order valence-corrected chi connectivity index (χ4v) is 3.03. The van der Waals surface area contributed by atoms with Crippen molar-refractivity contribution in [3.63, 3.8) is 0 Å². The Morgan fingerprint density at radius 1 is 1.53 bits per heavy atom. The topological polar surface area (TPSA) is 46.5 Å². The Hall–Kier alpha value is -1.03. The number of hydrogen-bond acceptors (Lipinski definition) is 2. The van der Waals surface area contributed by atoms with Crippen LogP contribution in [0.5, 0.6) is 5.75 Å². The lowest BCUT2D eigenvalue weighted by Gasteiger charge is -2.20. The molecule has 3 nitrogen and oxygen atoms in total. The highest BCUT2D eigenvalue weighted by Gasteiger charge is 2.49. The van der Waals surface area contributed by atoms with Gasteiger partial charge in [0.15, 0.2) is 0 Å². The molecule has 1 aromatic rings. The van der Waals surface area contributed by atoms with Crippen molar-refractivity contribution in [3.8, 4) is 5.75 Å². The molecule has 0 amide bonds. The van der Waals surface area contributed by atoms with Gasteiger partial charge in [0.2, 0.25) is 0 Å². The first-order valence-corrected chi connectivity index (χ1v) is 6.35. The summed E-state index contributed by atoms with van der Waals surface area (Å²) in [6.45, 7) is 2.00. The molecule has 0 atom stereocenters. The number of hydrogen-bond donors (Lipinski definition) is 1. The van der Waals surface area contributed by atoms with Gasteiger partial charge in [-0.25, -0.2) is 0 Å². The zero-order valence-corrected chi connectivity index (χ0v) is 11.5. The van der Waals surface area contributed by atoms with Crippen molar-refractivity contribution < 1.29 is 14.6 Å². The Balaban J connectivity index is 2.50. The van der Waals surface area contributed by atoms with Crippen molar-refractivity contribution in [3.05, 3.63) is 27.7 Å². The van der Waals surface area contributed by atoms with Crippen molar-refractivity contribution in [1.29, 1.82) is 0 Å². The van der Waals surface area contributed by atoms with Crippen LogP contribution in [-0.4, -0.2) is 18.2 Å². The maximum absolute atomic E-state index is 11.0. The molecule has 0 spiro atoms. The Bertz CT molecular complexity index is 464. The van der Waals surface area contributed by atoms with Crippen LogP contribution in [0.15, 0.2) is 16.6 Å². The lowest BCUT2D eigenvalue weighted by atomic mass is 9.90. The summed E-state index contributed by atoms with van der Waals surface area (Å²) in [5.41, 5.74) is 1.89. The van der Waals surface area contributed by atoms with Crippen molar-refractivity contribution in [1.82, 2.24) is 0 Å². The second-order valence-electron chi connectivity index (χ2n) is 4.62. The van der Waals surface area contributed by atoms with E-state index in [2.05, 4.69) is 15.9 Å². The van der Waals surface area contributed by atoms with Crippen LogP contribution >= 0.6 is 15.9 Å². The second-order valence-corrected chi connectivity index (χ2v) is 5.42. The zero-order valence-electron chi connectivity index (χ0n) is 9.92. The van der Waals surface area contributed by atoms with E-state index >= 15 is 0 Å². The van der Waals surface area contributed by atoms with E-state index in [0.29, 0.717) is 0 Å². The highest BCUT2D eigenvalue weighted by molar-refractivity contribution is 9.10. The monoisotopic (exact) mass is 298 g/mol. The van der Waals surface area contributed by atoms with Crippen LogP contribution in [0.1, 0.15) is 30.4 Å². The van der Waals surface area contributed by atoms with Gasteiger partial charge in [-0.1, -0.05) is 22.0 Å². The summed E-state index contributed by atoms with van der Waals surface area (Å²) in [5, 5.41) is 9.02. The number of carbonyl (C=O) groups is 1. The van der Waals surface area contributed by atoms with Crippen molar-refractivity contribution in [2.45, 2.75) is 31.6 Å². The van der Waals surface area contributed by atoms with E-state index in [4.69, 9.17) is 9.84 Å². The van der Waals surface area contributed by atoms with E-state index in [1.807, 2.05) is 19.1 Å². The lowest BCUT2D eigenvalue weighted by Crippen LogP contribution is -2.15. The average Bonchev–Trinajstić information content (AvgIpc) is 3.01. The third kappa shape index (κ3) is 2.18. The number of methoxy groups -OCH3 is 1. The van der Waals surface area contributed by atoms with E-state index < -0.39 is 5.97 Å². The molecule has 1 N–H and O–H groups in total. The molecule has 4 heteroatoms. The summed E-state index contributed by atoms with van der Waals surface area (Å²) in [6.07, 6.45) is 2.00. The highest BCUT2D eigenvalue weighted by atomic mass is 79.9. The maximum atomic E-state index is 11.0. The molecular weight excluding hydrogens is 284 g/mol. The molecule has 92 valence electrons. The molecule has 17 heavy (non-hydrogen) atoms. The van der Waals surface area contributed by atoms with Gasteiger partial charge in [-0.15, -0.1) is 0 Å². The van der Waals surface area contributed by atoms with Gasteiger partial charge in [0.05, 0.1) is 13.5 Å². The van der Waals surface area contributed by atoms with Crippen molar-refractivity contribution in [2.75, 3.05) is 7.11 Å². The first-order valence-electron chi connectivity index (χ1n) is 5.55. The molecule has 0 bridgehead atoms. The fourth-order valence-electron chi connectivity index (χ4n) is 2.28. The minimum Gasteiger partial charge on any atom is -0.496 e. The van der Waals surface area contributed by atoms with E-state index in [1.54, 1.807) is 7.11 Å². The van der Waals surface area contributed by atoms with Gasteiger partial charge >= 0.3 is 5.97 Å². The number of aryl methyl sites for hydroxylation is 1. The molecule has 0 saturated heterocycles. The first-order chi connectivity index (χ1) is 8.00. The Kier molecular flexibility index (Phi) is 3.17. The van der Waals surface area contributed by atoms with Gasteiger partial charge in [-0.2, -0.15) is 0 Å². The van der Waals surface area contributed by atoms with Gasteiger partial charge < -0.3 is 9.84 Å². The molecule has 0 unspecified atom stereocenters. The molecule has 1 fully saturated rings. The lowest BCUT2D eigenvalue weighted by molar-refractivity contribution is -0.137. The number of halogens is 1. The summed E-state index contributed by atoms with van der Waals surface area (Å²) >= 11 is 3.56. The van der Waals surface area contributed by atoms with Crippen molar-refractivity contribution >= 4 is 21.9 Å².